The molecular weight excluding hydrogens is 404 g/mol. The third-order valence-electron chi connectivity index (χ3n) is 5.28. The second kappa shape index (κ2) is 8.55. The Morgan fingerprint density at radius 3 is 2.69 bits per heavy atom. The van der Waals surface area contributed by atoms with Crippen LogP contribution in [0.15, 0.2) is 75.2 Å². The zero-order valence-electron chi connectivity index (χ0n) is 19.0. The fraction of sp³-hybridized carbons (Fsp3) is 0.160. The number of benzene rings is 2. The van der Waals surface area contributed by atoms with E-state index in [1.165, 1.54) is 6.20 Å². The summed E-state index contributed by atoms with van der Waals surface area (Å²) in [5.74, 6) is 0.282. The molecular formula is C25H24N4O3. The molecule has 0 saturated carbocycles. The van der Waals surface area contributed by atoms with E-state index in [4.69, 9.17) is 16.7 Å². The molecule has 0 spiro atoms. The van der Waals surface area contributed by atoms with Gasteiger partial charge in [-0.3, -0.25) is 9.78 Å². The van der Waals surface area contributed by atoms with Gasteiger partial charge in [0.25, 0.3) is 0 Å². The largest absolute Gasteiger partial charge is 0.455 e. The molecule has 0 radical (unpaired) electrons. The van der Waals surface area contributed by atoms with Gasteiger partial charge < -0.3 is 20.7 Å². The Morgan fingerprint density at radius 1 is 1.22 bits per heavy atom. The summed E-state index contributed by atoms with van der Waals surface area (Å²) in [5, 5.41) is 15.6. The Hall–Kier alpha value is -4.13. The Kier molecular flexibility index (Phi) is 5.29. The van der Waals surface area contributed by atoms with Crippen LogP contribution in [0, 0.1) is 13.8 Å². The van der Waals surface area contributed by atoms with Gasteiger partial charge in [0.1, 0.15) is 17.0 Å². The summed E-state index contributed by atoms with van der Waals surface area (Å²) in [6.45, 7) is 5.25. The van der Waals surface area contributed by atoms with Crippen molar-refractivity contribution in [1.82, 2.24) is 4.98 Å². The molecule has 2 aromatic heterocycles. The van der Waals surface area contributed by atoms with Crippen molar-refractivity contribution in [3.63, 3.8) is 0 Å². The number of rotatable bonds is 5. The molecule has 2 heterocycles. The van der Waals surface area contributed by atoms with Crippen molar-refractivity contribution in [1.29, 1.82) is 0 Å². The molecule has 0 unspecified atom stereocenters. The molecule has 1 atom stereocenters. The number of nitrogens with two attached hydrogens (primary N) is 1. The number of pyridine rings is 1. The van der Waals surface area contributed by atoms with Gasteiger partial charge in [0.05, 0.1) is 18.5 Å². The van der Waals surface area contributed by atoms with Gasteiger partial charge in [0.15, 0.2) is 11.3 Å². The zero-order chi connectivity index (χ0) is 23.8. The van der Waals surface area contributed by atoms with Crippen LogP contribution in [0.1, 0.15) is 36.7 Å². The quantitative estimate of drug-likeness (QED) is 0.183. The van der Waals surface area contributed by atoms with Gasteiger partial charge in [-0.2, -0.15) is 0 Å². The first-order valence-corrected chi connectivity index (χ1v) is 10.1. The van der Waals surface area contributed by atoms with Crippen LogP contribution in [0.5, 0.6) is 0 Å². The maximum absolute atomic E-state index is 13.3. The molecule has 0 aliphatic rings. The normalized spacial score (nSPS) is 14.1. The first-order valence-electron chi connectivity index (χ1n) is 10.6. The Morgan fingerprint density at radius 2 is 1.97 bits per heavy atom. The van der Waals surface area contributed by atoms with Crippen molar-refractivity contribution >= 4 is 22.5 Å². The lowest BCUT2D eigenvalue weighted by Gasteiger charge is -2.20. The van der Waals surface area contributed by atoms with Crippen LogP contribution in [-0.4, -0.2) is 16.0 Å². The highest BCUT2D eigenvalue weighted by atomic mass is 16.4. The van der Waals surface area contributed by atoms with Gasteiger partial charge in [0, 0.05) is 22.9 Å². The second-order valence-electron chi connectivity index (χ2n) is 7.58. The predicted octanol–water partition coefficient (Wildman–Crippen LogP) is 4.74. The molecule has 7 heteroatoms. The van der Waals surface area contributed by atoms with Crippen molar-refractivity contribution in [3.8, 4) is 11.3 Å². The molecule has 4 rings (SSSR count). The third kappa shape index (κ3) is 3.80. The van der Waals surface area contributed by atoms with Gasteiger partial charge in [-0.15, -0.1) is 0 Å². The van der Waals surface area contributed by atoms with Crippen molar-refractivity contribution in [3.05, 3.63) is 93.4 Å². The number of aromatic nitrogens is 1. The molecule has 4 N–H and O–H groups in total. The number of anilines is 1. The maximum Gasteiger partial charge on any atom is 0.196 e. The minimum Gasteiger partial charge on any atom is -0.455 e. The van der Waals surface area contributed by atoms with Gasteiger partial charge in [-0.25, -0.2) is 0 Å². The van der Waals surface area contributed by atoms with Crippen molar-refractivity contribution in [2.45, 2.75) is 26.8 Å². The van der Waals surface area contributed by atoms with E-state index in [-0.39, 0.29) is 17.0 Å². The number of fused-ring (bicyclic) bond motifs is 1. The van der Waals surface area contributed by atoms with Gasteiger partial charge in [-0.1, -0.05) is 41.6 Å². The molecule has 0 amide bonds. The van der Waals surface area contributed by atoms with E-state index in [2.05, 4.69) is 15.5 Å². The van der Waals surface area contributed by atoms with E-state index in [0.717, 1.165) is 11.1 Å². The van der Waals surface area contributed by atoms with E-state index in [0.29, 0.717) is 33.5 Å². The minimum atomic E-state index is -1.45. The molecule has 0 bridgehead atoms. The summed E-state index contributed by atoms with van der Waals surface area (Å²) in [6, 6.07) is 14.9. The molecule has 4 aromatic rings. The maximum atomic E-state index is 13.3. The summed E-state index contributed by atoms with van der Waals surface area (Å²) >= 11 is 0. The molecule has 32 heavy (non-hydrogen) atoms. The van der Waals surface area contributed by atoms with E-state index in [1.54, 1.807) is 32.0 Å². The summed E-state index contributed by atoms with van der Waals surface area (Å²) in [6.07, 6.45) is 1.51. The van der Waals surface area contributed by atoms with Crippen LogP contribution in [0.25, 0.3) is 22.3 Å². The standard InChI is InChI=1S/C25H24N4O3/c1-14-12-18(16(3)28-20-10-7-11-27-21(20)25(26)29-31)24-19(13-14)22(30)15(2)23(32-24)17-8-5-4-6-9-17/h4-13,16,28,31H,1-3H3,(H2,26,29)/t16-/m1/s1/i16D. The summed E-state index contributed by atoms with van der Waals surface area (Å²) < 4.78 is 15.4. The SMILES string of the molecule is [2H][C@](C)(Nc1cccnc1C(N)=NO)c1cc(C)cc2c(=O)c(C)c(-c3ccccc3)oc12. The van der Waals surface area contributed by atoms with Crippen LogP contribution >= 0.6 is 0 Å². The summed E-state index contributed by atoms with van der Waals surface area (Å²) in [5.41, 5.74) is 9.13. The lowest BCUT2D eigenvalue weighted by Crippen LogP contribution is -2.19. The number of nitrogens with one attached hydrogen (secondary N) is 1. The van der Waals surface area contributed by atoms with E-state index in [9.17, 15) is 4.79 Å². The fourth-order valence-electron chi connectivity index (χ4n) is 3.71. The average molecular weight is 429 g/mol. The first kappa shape index (κ1) is 19.8. The monoisotopic (exact) mass is 429 g/mol. The first-order chi connectivity index (χ1) is 15.7. The number of nitrogens with zero attached hydrogens (tertiary/aromatic N) is 2. The number of hydrogen-bond acceptors (Lipinski definition) is 6. The van der Waals surface area contributed by atoms with Crippen LogP contribution < -0.4 is 16.5 Å². The lowest BCUT2D eigenvalue weighted by molar-refractivity contribution is 0.318. The predicted molar refractivity (Wildman–Crippen MR) is 126 cm³/mol. The summed E-state index contributed by atoms with van der Waals surface area (Å²) in [7, 11) is 0. The van der Waals surface area contributed by atoms with Gasteiger partial charge in [0.2, 0.25) is 0 Å². The van der Waals surface area contributed by atoms with Crippen molar-refractivity contribution in [2.75, 3.05) is 5.32 Å². The highest BCUT2D eigenvalue weighted by molar-refractivity contribution is 6.00. The number of oxime groups is 1. The molecule has 162 valence electrons. The summed E-state index contributed by atoms with van der Waals surface area (Å²) in [4.78, 5) is 17.4. The Balaban J connectivity index is 1.94. The smallest absolute Gasteiger partial charge is 0.196 e. The second-order valence-corrected chi connectivity index (χ2v) is 7.58. The molecule has 0 saturated heterocycles. The molecule has 2 aromatic carbocycles. The van der Waals surface area contributed by atoms with E-state index >= 15 is 0 Å². The number of amidine groups is 1. The van der Waals surface area contributed by atoms with E-state index in [1.807, 2.05) is 43.3 Å². The highest BCUT2D eigenvalue weighted by Gasteiger charge is 2.20. The topological polar surface area (TPSA) is 114 Å². The van der Waals surface area contributed by atoms with Crippen LogP contribution in [0.4, 0.5) is 5.69 Å². The molecule has 0 aliphatic carbocycles. The lowest BCUT2D eigenvalue weighted by atomic mass is 9.98. The van der Waals surface area contributed by atoms with E-state index < -0.39 is 6.02 Å². The van der Waals surface area contributed by atoms with Gasteiger partial charge in [-0.05, 0) is 44.5 Å². The van der Waals surface area contributed by atoms with Gasteiger partial charge >= 0.3 is 0 Å². The fourth-order valence-corrected chi connectivity index (χ4v) is 3.71. The zero-order valence-corrected chi connectivity index (χ0v) is 18.0. The Bertz CT molecular complexity index is 1430. The van der Waals surface area contributed by atoms with Crippen LogP contribution in [0.3, 0.4) is 0 Å². The third-order valence-corrected chi connectivity index (χ3v) is 5.28. The highest BCUT2D eigenvalue weighted by Crippen LogP contribution is 2.32. The number of aryl methyl sites for hydroxylation is 1. The van der Waals surface area contributed by atoms with Crippen molar-refractivity contribution in [2.24, 2.45) is 10.9 Å². The average Bonchev–Trinajstić information content (AvgIpc) is 2.81. The Labute approximate surface area is 186 Å². The molecule has 0 aliphatic heterocycles. The molecule has 7 nitrogen and oxygen atoms in total. The van der Waals surface area contributed by atoms with Crippen molar-refractivity contribution < 1.29 is 11.0 Å². The minimum absolute atomic E-state index is 0.144. The van der Waals surface area contributed by atoms with Crippen LogP contribution in [0.2, 0.25) is 0 Å². The number of hydrogen-bond donors (Lipinski definition) is 3. The van der Waals surface area contributed by atoms with Crippen LogP contribution in [-0.2, 0) is 0 Å². The molecule has 0 fully saturated rings.